The van der Waals surface area contributed by atoms with E-state index in [1.807, 2.05) is 0 Å². The Kier molecular flexibility index (Phi) is 6.23. The molecule has 4 nitrogen and oxygen atoms in total. The number of rotatable bonds is 5. The first kappa shape index (κ1) is 20.2. The predicted octanol–water partition coefficient (Wildman–Crippen LogP) is 3.07. The van der Waals surface area contributed by atoms with E-state index in [-0.39, 0.29) is 24.8 Å². The van der Waals surface area contributed by atoms with E-state index in [0.29, 0.717) is 0 Å². The molecular formula is C14H14F6O4. The van der Waals surface area contributed by atoms with E-state index in [2.05, 4.69) is 4.74 Å². The molecule has 0 saturated carbocycles. The topological polar surface area (TPSA) is 66.8 Å². The highest BCUT2D eigenvalue weighted by atomic mass is 19.4. The summed E-state index contributed by atoms with van der Waals surface area (Å²) < 4.78 is 80.8. The lowest BCUT2D eigenvalue weighted by Crippen LogP contribution is -2.24. The first-order chi connectivity index (χ1) is 10.9. The summed E-state index contributed by atoms with van der Waals surface area (Å²) in [5.41, 5.74) is -4.07. The van der Waals surface area contributed by atoms with Gasteiger partial charge in [0, 0.05) is 0 Å². The second-order valence-corrected chi connectivity index (χ2v) is 4.86. The molecule has 24 heavy (non-hydrogen) atoms. The van der Waals surface area contributed by atoms with E-state index >= 15 is 0 Å². The van der Waals surface area contributed by atoms with Gasteiger partial charge in [0.05, 0.1) is 30.3 Å². The summed E-state index contributed by atoms with van der Waals surface area (Å²) in [6, 6.07) is 0.469. The fraction of sp³-hybridized carbons (Fsp3) is 0.500. The monoisotopic (exact) mass is 360 g/mol. The van der Waals surface area contributed by atoms with Crippen molar-refractivity contribution < 1.29 is 46.1 Å². The Morgan fingerprint density at radius 2 is 1.50 bits per heavy atom. The van der Waals surface area contributed by atoms with Crippen molar-refractivity contribution in [2.75, 3.05) is 6.61 Å². The van der Waals surface area contributed by atoms with Crippen LogP contribution in [-0.2, 0) is 21.9 Å². The van der Waals surface area contributed by atoms with E-state index in [4.69, 9.17) is 0 Å². The normalized spacial score (nSPS) is 15.0. The summed E-state index contributed by atoms with van der Waals surface area (Å²) in [4.78, 5) is 11.2. The molecule has 10 heteroatoms. The minimum atomic E-state index is -5.08. The number of alkyl halides is 6. The molecule has 0 aliphatic rings. The third-order valence-corrected chi connectivity index (χ3v) is 3.00. The van der Waals surface area contributed by atoms with Gasteiger partial charge in [0.1, 0.15) is 6.10 Å². The number of aliphatic hydroxyl groups excluding tert-OH is 2. The molecule has 0 saturated heterocycles. The minimum Gasteiger partial charge on any atom is -0.466 e. The molecule has 0 radical (unpaired) electrons. The Balaban J connectivity index is 3.19. The lowest BCUT2D eigenvalue weighted by Gasteiger charge is -2.20. The van der Waals surface area contributed by atoms with E-state index < -0.39 is 53.6 Å². The molecule has 0 aliphatic carbocycles. The Bertz CT molecular complexity index is 549. The zero-order chi connectivity index (χ0) is 18.7. The van der Waals surface area contributed by atoms with E-state index in [1.54, 1.807) is 0 Å². The van der Waals surface area contributed by atoms with Gasteiger partial charge in [-0.15, -0.1) is 0 Å². The lowest BCUT2D eigenvalue weighted by atomic mass is 9.97. The van der Waals surface area contributed by atoms with Gasteiger partial charge in [0.25, 0.3) is 0 Å². The number of benzene rings is 1. The van der Waals surface area contributed by atoms with Gasteiger partial charge in [-0.1, -0.05) is 0 Å². The van der Waals surface area contributed by atoms with Crippen molar-refractivity contribution in [3.8, 4) is 0 Å². The molecule has 0 bridgehead atoms. The zero-order valence-corrected chi connectivity index (χ0v) is 12.3. The smallest absolute Gasteiger partial charge is 0.416 e. The zero-order valence-electron chi connectivity index (χ0n) is 12.3. The number of carbonyl (C=O) groups is 1. The maximum atomic E-state index is 12.7. The Morgan fingerprint density at radius 1 is 1.04 bits per heavy atom. The Hall–Kier alpha value is -1.81. The van der Waals surface area contributed by atoms with Crippen LogP contribution in [0.25, 0.3) is 0 Å². The second kappa shape index (κ2) is 7.39. The van der Waals surface area contributed by atoms with Crippen molar-refractivity contribution in [1.82, 2.24) is 0 Å². The largest absolute Gasteiger partial charge is 0.466 e. The number of ether oxygens (including phenoxy) is 1. The molecule has 0 spiro atoms. The molecular weight excluding hydrogens is 346 g/mol. The van der Waals surface area contributed by atoms with E-state index in [1.165, 1.54) is 6.92 Å². The number of carbonyl (C=O) groups excluding carboxylic acids is 1. The van der Waals surface area contributed by atoms with Gasteiger partial charge in [-0.05, 0) is 30.7 Å². The highest BCUT2D eigenvalue weighted by molar-refractivity contribution is 5.70. The molecule has 2 atom stereocenters. The van der Waals surface area contributed by atoms with Crippen molar-refractivity contribution in [2.24, 2.45) is 0 Å². The highest BCUT2D eigenvalue weighted by Crippen LogP contribution is 2.38. The molecule has 1 rings (SSSR count). The number of halogens is 6. The van der Waals surface area contributed by atoms with Crippen LogP contribution in [0, 0.1) is 0 Å². The molecule has 0 amide bonds. The summed E-state index contributed by atoms with van der Waals surface area (Å²) >= 11 is 0. The van der Waals surface area contributed by atoms with E-state index in [9.17, 15) is 41.4 Å². The van der Waals surface area contributed by atoms with Crippen LogP contribution in [0.4, 0.5) is 26.3 Å². The fourth-order valence-corrected chi connectivity index (χ4v) is 1.87. The average molecular weight is 360 g/mol. The third-order valence-electron chi connectivity index (χ3n) is 3.00. The molecule has 0 aromatic heterocycles. The predicted molar refractivity (Wildman–Crippen MR) is 68.7 cm³/mol. The summed E-state index contributed by atoms with van der Waals surface area (Å²) in [5.74, 6) is -0.952. The standard InChI is InChI=1S/C14H14F6O4/c1-2-24-11(22)6-10(21)12(23)7-3-8(13(15,16)17)5-9(4-7)14(18,19)20/h3-5,10,12,21,23H,2,6H2,1H3. The highest BCUT2D eigenvalue weighted by Gasteiger charge is 2.38. The summed E-state index contributed by atoms with van der Waals surface area (Å²) in [6.07, 6.45) is -15.0. The maximum absolute atomic E-state index is 12.7. The summed E-state index contributed by atoms with van der Waals surface area (Å²) in [5, 5.41) is 19.4. The van der Waals surface area contributed by atoms with E-state index in [0.717, 1.165) is 0 Å². The van der Waals surface area contributed by atoms with Crippen molar-refractivity contribution in [1.29, 1.82) is 0 Å². The van der Waals surface area contributed by atoms with Crippen LogP contribution in [0.1, 0.15) is 36.1 Å². The van der Waals surface area contributed by atoms with Crippen molar-refractivity contribution in [3.05, 3.63) is 34.9 Å². The minimum absolute atomic E-state index is 0.0383. The van der Waals surface area contributed by atoms with Crippen LogP contribution < -0.4 is 0 Å². The number of aliphatic hydroxyl groups is 2. The molecule has 1 aromatic rings. The summed E-state index contributed by atoms with van der Waals surface area (Å²) in [7, 11) is 0. The van der Waals surface area contributed by atoms with Crippen molar-refractivity contribution in [2.45, 2.75) is 37.9 Å². The number of hydrogen-bond donors (Lipinski definition) is 2. The van der Waals surface area contributed by atoms with Gasteiger partial charge < -0.3 is 14.9 Å². The Morgan fingerprint density at radius 3 is 1.88 bits per heavy atom. The van der Waals surface area contributed by atoms with Gasteiger partial charge in [-0.3, -0.25) is 4.79 Å². The van der Waals surface area contributed by atoms with Crippen LogP contribution >= 0.6 is 0 Å². The average Bonchev–Trinajstić information content (AvgIpc) is 2.44. The van der Waals surface area contributed by atoms with Gasteiger partial charge >= 0.3 is 18.3 Å². The van der Waals surface area contributed by atoms with Crippen LogP contribution in [0.15, 0.2) is 18.2 Å². The first-order valence-corrected chi connectivity index (χ1v) is 6.67. The Labute approximate surface area is 132 Å². The quantitative estimate of drug-likeness (QED) is 0.626. The number of hydrogen-bond acceptors (Lipinski definition) is 4. The van der Waals surface area contributed by atoms with Crippen molar-refractivity contribution >= 4 is 5.97 Å². The van der Waals surface area contributed by atoms with Crippen LogP contribution in [-0.4, -0.2) is 28.9 Å². The van der Waals surface area contributed by atoms with Crippen LogP contribution in [0.2, 0.25) is 0 Å². The molecule has 0 fully saturated rings. The fourth-order valence-electron chi connectivity index (χ4n) is 1.87. The number of esters is 1. The molecule has 0 heterocycles. The molecule has 1 aromatic carbocycles. The van der Waals surface area contributed by atoms with Gasteiger partial charge in [0.15, 0.2) is 0 Å². The van der Waals surface area contributed by atoms with Gasteiger partial charge in [0.2, 0.25) is 0 Å². The van der Waals surface area contributed by atoms with Crippen LogP contribution in [0.3, 0.4) is 0 Å². The lowest BCUT2D eigenvalue weighted by molar-refractivity contribution is -0.148. The summed E-state index contributed by atoms with van der Waals surface area (Å²) in [6.45, 7) is 1.42. The van der Waals surface area contributed by atoms with Crippen LogP contribution in [0.5, 0.6) is 0 Å². The molecule has 0 aliphatic heterocycles. The maximum Gasteiger partial charge on any atom is 0.416 e. The molecule has 2 N–H and O–H groups in total. The molecule has 2 unspecified atom stereocenters. The molecule has 136 valence electrons. The van der Waals surface area contributed by atoms with Gasteiger partial charge in [-0.25, -0.2) is 0 Å². The SMILES string of the molecule is CCOC(=O)CC(O)C(O)c1cc(C(F)(F)F)cc(C(F)(F)F)c1. The van der Waals surface area contributed by atoms with Gasteiger partial charge in [-0.2, -0.15) is 26.3 Å². The van der Waals surface area contributed by atoms with Crippen molar-refractivity contribution in [3.63, 3.8) is 0 Å². The third kappa shape index (κ3) is 5.38. The second-order valence-electron chi connectivity index (χ2n) is 4.86. The first-order valence-electron chi connectivity index (χ1n) is 6.67.